The predicted molar refractivity (Wildman–Crippen MR) is 74.6 cm³/mol. The van der Waals surface area contributed by atoms with Crippen molar-refractivity contribution in [2.75, 3.05) is 14.2 Å². The molecule has 23 heavy (non-hydrogen) atoms. The Bertz CT molecular complexity index is 874. The summed E-state index contributed by atoms with van der Waals surface area (Å²) in [6.45, 7) is 0. The van der Waals surface area contributed by atoms with Crippen molar-refractivity contribution in [3.8, 4) is 0 Å². The molecule has 0 aliphatic carbocycles. The van der Waals surface area contributed by atoms with Crippen molar-refractivity contribution in [1.29, 1.82) is 0 Å². The molecule has 0 aliphatic heterocycles. The van der Waals surface area contributed by atoms with Gasteiger partial charge in [-0.05, 0) is 29.7 Å². The Kier molecular flexibility index (Phi) is 6.32. The first-order valence-electron chi connectivity index (χ1n) is 5.98. The molecule has 116 valence electrons. The van der Waals surface area contributed by atoms with Gasteiger partial charge < -0.3 is 14.0 Å². The van der Waals surface area contributed by atoms with Gasteiger partial charge in [-0.15, -0.1) is 0 Å². The molecular formula is C14H11NaO7S. The largest absolute Gasteiger partial charge is 1.00 e. The van der Waals surface area contributed by atoms with E-state index in [9.17, 15) is 22.6 Å². The van der Waals surface area contributed by atoms with Crippen molar-refractivity contribution >= 4 is 32.8 Å². The second kappa shape index (κ2) is 7.41. The fourth-order valence-electron chi connectivity index (χ4n) is 2.01. The molecule has 0 saturated carbocycles. The molecule has 0 heterocycles. The molecule has 0 saturated heterocycles. The minimum absolute atomic E-state index is 0. The molecule has 2 aromatic carbocycles. The van der Waals surface area contributed by atoms with Crippen molar-refractivity contribution in [1.82, 2.24) is 0 Å². The van der Waals surface area contributed by atoms with Crippen LogP contribution in [0.4, 0.5) is 0 Å². The van der Waals surface area contributed by atoms with Crippen LogP contribution in [0.2, 0.25) is 0 Å². The van der Waals surface area contributed by atoms with Crippen LogP contribution in [0, 0.1) is 0 Å². The molecule has 2 rings (SSSR count). The van der Waals surface area contributed by atoms with Crippen LogP contribution in [0.3, 0.4) is 0 Å². The van der Waals surface area contributed by atoms with Gasteiger partial charge in [-0.1, -0.05) is 6.07 Å². The summed E-state index contributed by atoms with van der Waals surface area (Å²) in [6, 6.07) is 6.35. The van der Waals surface area contributed by atoms with Crippen molar-refractivity contribution in [3.05, 3.63) is 41.5 Å². The zero-order chi connectivity index (χ0) is 16.5. The van der Waals surface area contributed by atoms with Crippen molar-refractivity contribution in [2.24, 2.45) is 0 Å². The van der Waals surface area contributed by atoms with Crippen LogP contribution in [-0.4, -0.2) is 39.1 Å². The molecule has 0 atom stereocenters. The van der Waals surface area contributed by atoms with Gasteiger partial charge in [0.15, 0.2) is 0 Å². The second-order valence-electron chi connectivity index (χ2n) is 4.35. The van der Waals surface area contributed by atoms with Gasteiger partial charge in [-0.2, -0.15) is 0 Å². The molecule has 2 aromatic rings. The number of hydrogen-bond acceptors (Lipinski definition) is 7. The van der Waals surface area contributed by atoms with E-state index < -0.39 is 27.0 Å². The molecule has 7 nitrogen and oxygen atoms in total. The van der Waals surface area contributed by atoms with E-state index in [1.807, 2.05) is 0 Å². The maximum absolute atomic E-state index is 11.6. The third kappa shape index (κ3) is 4.10. The number of rotatable bonds is 3. The van der Waals surface area contributed by atoms with Gasteiger partial charge in [0.2, 0.25) is 0 Å². The summed E-state index contributed by atoms with van der Waals surface area (Å²) in [5.41, 5.74) is 0.0148. The van der Waals surface area contributed by atoms with E-state index >= 15 is 0 Å². The first-order chi connectivity index (χ1) is 10.3. The maximum atomic E-state index is 11.6. The van der Waals surface area contributed by atoms with E-state index in [4.69, 9.17) is 0 Å². The Morgan fingerprint density at radius 1 is 0.957 bits per heavy atom. The molecule has 0 aromatic heterocycles. The molecule has 0 radical (unpaired) electrons. The number of fused-ring (bicyclic) bond motifs is 1. The van der Waals surface area contributed by atoms with E-state index in [1.54, 1.807) is 0 Å². The molecule has 0 amide bonds. The van der Waals surface area contributed by atoms with Gasteiger partial charge >= 0.3 is 41.5 Å². The number of benzene rings is 2. The summed E-state index contributed by atoms with van der Waals surface area (Å²) in [6.07, 6.45) is 0. The van der Waals surface area contributed by atoms with Gasteiger partial charge in [0, 0.05) is 5.39 Å². The van der Waals surface area contributed by atoms with E-state index in [0.717, 1.165) is 13.2 Å². The Morgan fingerprint density at radius 3 is 2.04 bits per heavy atom. The quantitative estimate of drug-likeness (QED) is 0.371. The van der Waals surface area contributed by atoms with Crippen LogP contribution in [-0.2, 0) is 19.6 Å². The monoisotopic (exact) mass is 346 g/mol. The van der Waals surface area contributed by atoms with Gasteiger partial charge in [-0.25, -0.2) is 18.0 Å². The summed E-state index contributed by atoms with van der Waals surface area (Å²) in [5, 5.41) is 0.343. The predicted octanol–water partition coefficient (Wildman–Crippen LogP) is -1.68. The first kappa shape index (κ1) is 19.6. The van der Waals surface area contributed by atoms with E-state index in [1.165, 1.54) is 31.4 Å². The van der Waals surface area contributed by atoms with Gasteiger partial charge in [-0.3, -0.25) is 0 Å². The molecular weight excluding hydrogens is 335 g/mol. The Balaban J connectivity index is 0.00000264. The third-order valence-corrected chi connectivity index (χ3v) is 3.90. The Morgan fingerprint density at radius 2 is 1.52 bits per heavy atom. The van der Waals surface area contributed by atoms with Gasteiger partial charge in [0.1, 0.15) is 10.1 Å². The fraction of sp³-hybridized carbons (Fsp3) is 0.143. The van der Waals surface area contributed by atoms with Crippen LogP contribution in [0.1, 0.15) is 20.7 Å². The van der Waals surface area contributed by atoms with E-state index in [-0.39, 0.29) is 46.1 Å². The number of methoxy groups -OCH3 is 2. The molecule has 0 unspecified atom stereocenters. The topological polar surface area (TPSA) is 110 Å². The van der Waals surface area contributed by atoms with Crippen molar-refractivity contribution < 1.29 is 61.6 Å². The minimum Gasteiger partial charge on any atom is -0.744 e. The smallest absolute Gasteiger partial charge is 0.744 e. The zero-order valence-corrected chi connectivity index (χ0v) is 15.5. The molecule has 0 N–H and O–H groups in total. The number of esters is 2. The molecule has 0 fully saturated rings. The van der Waals surface area contributed by atoms with Gasteiger partial charge in [0.05, 0.1) is 30.2 Å². The maximum Gasteiger partial charge on any atom is 1.00 e. The van der Waals surface area contributed by atoms with Crippen LogP contribution in [0.15, 0.2) is 35.2 Å². The summed E-state index contributed by atoms with van der Waals surface area (Å²) in [5.74, 6) is -1.45. The fourth-order valence-corrected chi connectivity index (χ4v) is 2.73. The average molecular weight is 346 g/mol. The van der Waals surface area contributed by atoms with E-state index in [0.29, 0.717) is 5.39 Å². The van der Waals surface area contributed by atoms with Gasteiger partial charge in [0.25, 0.3) is 0 Å². The average Bonchev–Trinajstić information content (AvgIpc) is 2.50. The molecule has 0 bridgehead atoms. The summed E-state index contributed by atoms with van der Waals surface area (Å²) >= 11 is 0. The Hall–Kier alpha value is -1.45. The minimum atomic E-state index is -4.85. The number of ether oxygens (including phenoxy) is 2. The number of hydrogen-bond donors (Lipinski definition) is 0. The zero-order valence-electron chi connectivity index (χ0n) is 12.7. The normalized spacial score (nSPS) is 10.7. The van der Waals surface area contributed by atoms with Crippen LogP contribution in [0.5, 0.6) is 0 Å². The van der Waals surface area contributed by atoms with Crippen LogP contribution >= 0.6 is 0 Å². The van der Waals surface area contributed by atoms with Crippen LogP contribution < -0.4 is 29.6 Å². The Labute approximate surface area is 154 Å². The SMILES string of the molecule is COC(=O)c1cc(S(=O)(=O)[O-])c2cc(C(=O)OC)ccc2c1.[Na+]. The van der Waals surface area contributed by atoms with Crippen LogP contribution in [0.25, 0.3) is 10.8 Å². The molecule has 0 spiro atoms. The van der Waals surface area contributed by atoms with Crippen molar-refractivity contribution in [2.45, 2.75) is 4.90 Å². The molecule has 9 heteroatoms. The molecule has 0 aliphatic rings. The standard InChI is InChI=1S/C14H12O7S.Na/c1-20-13(15)9-4-3-8-5-10(14(16)21-2)7-12(11(8)6-9)22(17,18)19;/h3-7H,1-2H3,(H,17,18,19);/q;+1/p-1. The van der Waals surface area contributed by atoms with E-state index in [2.05, 4.69) is 9.47 Å². The summed E-state index contributed by atoms with van der Waals surface area (Å²) in [4.78, 5) is 22.5. The third-order valence-electron chi connectivity index (χ3n) is 3.03. The number of carbonyl (C=O) groups excluding carboxylic acids is 2. The second-order valence-corrected chi connectivity index (χ2v) is 5.70. The van der Waals surface area contributed by atoms with Crippen molar-refractivity contribution in [3.63, 3.8) is 0 Å². The summed E-state index contributed by atoms with van der Waals surface area (Å²) in [7, 11) is -2.54. The number of carbonyl (C=O) groups is 2. The first-order valence-corrected chi connectivity index (χ1v) is 7.39. The summed E-state index contributed by atoms with van der Waals surface area (Å²) < 4.78 is 43.4.